The molecule has 0 aliphatic heterocycles. The number of nitrogens with two attached hydrogens (primary N) is 1. The van der Waals surface area contributed by atoms with Crippen molar-refractivity contribution in [1.29, 1.82) is 0 Å². The average Bonchev–Trinajstić information content (AvgIpc) is 2.19. The van der Waals surface area contributed by atoms with Crippen LogP contribution in [-0.2, 0) is 11.2 Å². The van der Waals surface area contributed by atoms with Crippen LogP contribution in [0.25, 0.3) is 0 Å². The number of methoxy groups -OCH3 is 1. The molecular weight excluding hydrogens is 182 g/mol. The molecule has 0 saturated heterocycles. The minimum atomic E-state index is -0.985. The molecule has 14 heavy (non-hydrogen) atoms. The maximum atomic E-state index is 10.5. The van der Waals surface area contributed by atoms with Crippen LogP contribution in [0, 0.1) is 0 Å². The molecule has 0 heterocycles. The highest BCUT2D eigenvalue weighted by Crippen LogP contribution is 2.12. The van der Waals surface area contributed by atoms with Gasteiger partial charge in [-0.3, -0.25) is 4.79 Å². The monoisotopic (exact) mass is 195 g/mol. The van der Waals surface area contributed by atoms with Crippen LogP contribution in [0.4, 0.5) is 0 Å². The zero-order valence-electron chi connectivity index (χ0n) is 7.93. The quantitative estimate of drug-likeness (QED) is 0.739. The van der Waals surface area contributed by atoms with Crippen molar-refractivity contribution >= 4 is 5.97 Å². The van der Waals surface area contributed by atoms with E-state index in [-0.39, 0.29) is 0 Å². The van der Waals surface area contributed by atoms with Crippen LogP contribution in [0.3, 0.4) is 0 Å². The first-order valence-corrected chi connectivity index (χ1v) is 4.25. The van der Waals surface area contributed by atoms with Crippen LogP contribution in [0.5, 0.6) is 5.75 Å². The number of carboxylic acids is 1. The molecule has 1 unspecified atom stereocenters. The third kappa shape index (κ3) is 2.74. The molecule has 0 saturated carbocycles. The van der Waals surface area contributed by atoms with Crippen molar-refractivity contribution in [2.24, 2.45) is 5.73 Å². The number of carbonyl (C=O) groups is 1. The van der Waals surface area contributed by atoms with E-state index < -0.39 is 12.0 Å². The molecule has 0 amide bonds. The van der Waals surface area contributed by atoms with Gasteiger partial charge in [-0.25, -0.2) is 0 Å². The molecule has 0 aliphatic rings. The van der Waals surface area contributed by atoms with E-state index in [9.17, 15) is 4.79 Å². The van der Waals surface area contributed by atoms with E-state index in [0.29, 0.717) is 6.42 Å². The van der Waals surface area contributed by atoms with Gasteiger partial charge < -0.3 is 15.6 Å². The number of ether oxygens (including phenoxy) is 1. The zero-order valence-corrected chi connectivity index (χ0v) is 7.93. The Morgan fingerprint density at radius 3 is 2.50 bits per heavy atom. The number of hydrogen-bond acceptors (Lipinski definition) is 3. The minimum absolute atomic E-state index is 0.333. The lowest BCUT2D eigenvalue weighted by molar-refractivity contribution is -0.138. The SMILES string of the molecule is COc1ccc(CC(N)C(=O)O)cc1. The smallest absolute Gasteiger partial charge is 0.320 e. The van der Waals surface area contributed by atoms with Crippen LogP contribution in [0.1, 0.15) is 5.56 Å². The van der Waals surface area contributed by atoms with Crippen LogP contribution >= 0.6 is 0 Å². The molecule has 4 nitrogen and oxygen atoms in total. The van der Waals surface area contributed by atoms with Crippen LogP contribution in [0.15, 0.2) is 24.3 Å². The number of rotatable bonds is 4. The van der Waals surface area contributed by atoms with Crippen LogP contribution < -0.4 is 10.5 Å². The van der Waals surface area contributed by atoms with Crippen molar-refractivity contribution in [3.63, 3.8) is 0 Å². The summed E-state index contributed by atoms with van der Waals surface area (Å²) in [6, 6.07) is 6.33. The summed E-state index contributed by atoms with van der Waals surface area (Å²) >= 11 is 0. The molecule has 1 rings (SSSR count). The van der Waals surface area contributed by atoms with Gasteiger partial charge in [0.25, 0.3) is 0 Å². The maximum absolute atomic E-state index is 10.5. The number of carboxylic acid groups (broad SMARTS) is 1. The third-order valence-electron chi connectivity index (χ3n) is 1.93. The summed E-state index contributed by atoms with van der Waals surface area (Å²) in [7, 11) is 1.58. The molecule has 0 aromatic heterocycles. The van der Waals surface area contributed by atoms with E-state index in [4.69, 9.17) is 15.6 Å². The number of benzene rings is 1. The number of hydrogen-bond donors (Lipinski definition) is 2. The first kappa shape index (κ1) is 10.5. The predicted octanol–water partition coefficient (Wildman–Crippen LogP) is 0.650. The Labute approximate surface area is 82.3 Å². The van der Waals surface area contributed by atoms with Gasteiger partial charge in [-0.15, -0.1) is 0 Å². The van der Waals surface area contributed by atoms with Gasteiger partial charge in [0.2, 0.25) is 0 Å². The van der Waals surface area contributed by atoms with Gasteiger partial charge in [-0.05, 0) is 24.1 Å². The van der Waals surface area contributed by atoms with Gasteiger partial charge in [-0.2, -0.15) is 0 Å². The molecule has 3 N–H and O–H groups in total. The lowest BCUT2D eigenvalue weighted by atomic mass is 10.1. The summed E-state index contributed by atoms with van der Waals surface area (Å²) in [4.78, 5) is 10.5. The van der Waals surface area contributed by atoms with Crippen molar-refractivity contribution < 1.29 is 14.6 Å². The topological polar surface area (TPSA) is 72.5 Å². The molecule has 1 atom stereocenters. The highest BCUT2D eigenvalue weighted by atomic mass is 16.5. The normalized spacial score (nSPS) is 12.1. The predicted molar refractivity (Wildman–Crippen MR) is 52.3 cm³/mol. The van der Waals surface area contributed by atoms with Gasteiger partial charge in [-0.1, -0.05) is 12.1 Å². The van der Waals surface area contributed by atoms with Crippen molar-refractivity contribution in [3.8, 4) is 5.75 Å². The standard InChI is InChI=1S/C10H13NO3/c1-14-8-4-2-7(3-5-8)6-9(11)10(12)13/h2-5,9H,6,11H2,1H3,(H,12,13). The van der Waals surface area contributed by atoms with E-state index in [0.717, 1.165) is 11.3 Å². The lowest BCUT2D eigenvalue weighted by Crippen LogP contribution is -2.32. The third-order valence-corrected chi connectivity index (χ3v) is 1.93. The molecule has 1 aromatic carbocycles. The molecular formula is C10H13NO3. The van der Waals surface area contributed by atoms with E-state index in [1.54, 1.807) is 19.2 Å². The summed E-state index contributed by atoms with van der Waals surface area (Å²) < 4.78 is 4.97. The molecule has 76 valence electrons. The highest BCUT2D eigenvalue weighted by Gasteiger charge is 2.11. The van der Waals surface area contributed by atoms with Gasteiger partial charge in [0.05, 0.1) is 7.11 Å². The summed E-state index contributed by atoms with van der Waals surface area (Å²) in [6.45, 7) is 0. The summed E-state index contributed by atoms with van der Waals surface area (Å²) in [5.41, 5.74) is 6.28. The fraction of sp³-hybridized carbons (Fsp3) is 0.300. The second-order valence-electron chi connectivity index (χ2n) is 3.00. The van der Waals surface area contributed by atoms with E-state index in [1.807, 2.05) is 12.1 Å². The Hall–Kier alpha value is -1.55. The van der Waals surface area contributed by atoms with Crippen molar-refractivity contribution in [3.05, 3.63) is 29.8 Å². The van der Waals surface area contributed by atoms with E-state index in [1.165, 1.54) is 0 Å². The number of aliphatic carboxylic acids is 1. The lowest BCUT2D eigenvalue weighted by Gasteiger charge is -2.06. The highest BCUT2D eigenvalue weighted by molar-refractivity contribution is 5.73. The van der Waals surface area contributed by atoms with Crippen LogP contribution in [0.2, 0.25) is 0 Å². The average molecular weight is 195 g/mol. The summed E-state index contributed by atoms with van der Waals surface area (Å²) in [5.74, 6) is -0.238. The second kappa shape index (κ2) is 4.62. The van der Waals surface area contributed by atoms with E-state index in [2.05, 4.69) is 0 Å². The Kier molecular flexibility index (Phi) is 3.48. The summed E-state index contributed by atoms with van der Waals surface area (Å²) in [6.07, 6.45) is 0.333. The van der Waals surface area contributed by atoms with Crippen LogP contribution in [-0.4, -0.2) is 24.2 Å². The molecule has 0 aliphatic carbocycles. The van der Waals surface area contributed by atoms with Gasteiger partial charge in [0.15, 0.2) is 0 Å². The molecule has 0 bridgehead atoms. The van der Waals surface area contributed by atoms with Crippen molar-refractivity contribution in [2.75, 3.05) is 7.11 Å². The van der Waals surface area contributed by atoms with Gasteiger partial charge >= 0.3 is 5.97 Å². The van der Waals surface area contributed by atoms with Gasteiger partial charge in [0.1, 0.15) is 11.8 Å². The maximum Gasteiger partial charge on any atom is 0.320 e. The molecule has 0 fully saturated rings. The Bertz CT molecular complexity index is 308. The second-order valence-corrected chi connectivity index (χ2v) is 3.00. The molecule has 1 aromatic rings. The van der Waals surface area contributed by atoms with Gasteiger partial charge in [0, 0.05) is 0 Å². The first-order valence-electron chi connectivity index (χ1n) is 4.25. The zero-order chi connectivity index (χ0) is 10.6. The minimum Gasteiger partial charge on any atom is -0.497 e. The van der Waals surface area contributed by atoms with Crippen molar-refractivity contribution in [2.45, 2.75) is 12.5 Å². The Balaban J connectivity index is 2.64. The largest absolute Gasteiger partial charge is 0.497 e. The molecule has 0 radical (unpaired) electrons. The van der Waals surface area contributed by atoms with E-state index >= 15 is 0 Å². The first-order chi connectivity index (χ1) is 6.63. The molecule has 4 heteroatoms. The summed E-state index contributed by atoms with van der Waals surface area (Å²) in [5, 5.41) is 8.59. The Morgan fingerprint density at radius 2 is 2.07 bits per heavy atom. The molecule has 0 spiro atoms. The fourth-order valence-corrected chi connectivity index (χ4v) is 1.10. The van der Waals surface area contributed by atoms with Crippen molar-refractivity contribution in [1.82, 2.24) is 0 Å². The fourth-order valence-electron chi connectivity index (χ4n) is 1.10. The Morgan fingerprint density at radius 1 is 1.50 bits per heavy atom.